The maximum atomic E-state index is 12.2. The molecule has 1 aromatic carbocycles. The van der Waals surface area contributed by atoms with Gasteiger partial charge in [0, 0.05) is 6.20 Å². The van der Waals surface area contributed by atoms with Gasteiger partial charge in [0.25, 0.3) is 5.91 Å². The third-order valence-corrected chi connectivity index (χ3v) is 5.14. The van der Waals surface area contributed by atoms with E-state index in [0.717, 1.165) is 12.1 Å². The number of thiophene rings is 1. The molecule has 0 saturated carbocycles. The van der Waals surface area contributed by atoms with Gasteiger partial charge in [0.05, 0.1) is 5.56 Å². The van der Waals surface area contributed by atoms with Crippen molar-refractivity contribution in [3.63, 3.8) is 0 Å². The molecule has 0 saturated heterocycles. The first-order valence-electron chi connectivity index (χ1n) is 8.88. The van der Waals surface area contributed by atoms with E-state index in [9.17, 15) is 18.4 Å². The summed E-state index contributed by atoms with van der Waals surface area (Å²) in [6.07, 6.45) is 7.93. The normalized spacial score (nSPS) is 15.1. The van der Waals surface area contributed by atoms with Crippen LogP contribution in [0.2, 0.25) is 5.02 Å². The Bertz CT molecular complexity index is 1030. The van der Waals surface area contributed by atoms with Crippen molar-refractivity contribution in [2.45, 2.75) is 20.1 Å². The van der Waals surface area contributed by atoms with Gasteiger partial charge in [0.2, 0.25) is 6.23 Å². The Morgan fingerprint density at radius 2 is 1.97 bits per heavy atom. The summed E-state index contributed by atoms with van der Waals surface area (Å²) in [6.45, 7) is 3.58. The largest absolute Gasteiger partial charge is 0.478 e. The third kappa shape index (κ3) is 6.66. The molecule has 164 valence electrons. The molecule has 1 aliphatic heterocycles. The Morgan fingerprint density at radius 3 is 2.55 bits per heavy atom. The van der Waals surface area contributed by atoms with Gasteiger partial charge in [0.15, 0.2) is 0 Å². The summed E-state index contributed by atoms with van der Waals surface area (Å²) in [6, 6.07) is 3.47. The van der Waals surface area contributed by atoms with E-state index in [0.29, 0.717) is 16.3 Å². The van der Waals surface area contributed by atoms with Gasteiger partial charge in [-0.1, -0.05) is 35.9 Å². The smallest absolute Gasteiger partial charge is 0.338 e. The molecule has 1 unspecified atom stereocenters. The molecule has 6 nitrogen and oxygen atoms in total. The highest BCUT2D eigenvalue weighted by atomic mass is 35.5. The molecule has 1 atom stereocenters. The first-order chi connectivity index (χ1) is 14.7. The average Bonchev–Trinajstić information content (AvgIpc) is 3.33. The molecule has 31 heavy (non-hydrogen) atoms. The number of ether oxygens (including phenoxy) is 1. The standard InChI is InChI=1S/C15H16N2O4S.C6H3ClF2/c1-3-4-5-6-10-7-16-13(21-10)12(18)17-14-11(15(19)20)9(2)8-22-14;7-6-4(8)2-1-3-5(6)9/h3-8,13,16H,1-2H3,(H,17,18)(H,19,20);1-3H/b4-3-,6-5-;. The molecule has 0 aliphatic carbocycles. The van der Waals surface area contributed by atoms with Gasteiger partial charge in [0.1, 0.15) is 27.4 Å². The molecule has 0 bridgehead atoms. The van der Waals surface area contributed by atoms with Gasteiger partial charge in [-0.3, -0.25) is 4.79 Å². The molecule has 10 heteroatoms. The van der Waals surface area contributed by atoms with Crippen molar-refractivity contribution in [3.8, 4) is 0 Å². The summed E-state index contributed by atoms with van der Waals surface area (Å²) in [5.74, 6) is -2.44. The number of halogens is 3. The van der Waals surface area contributed by atoms with E-state index in [1.165, 1.54) is 17.4 Å². The predicted molar refractivity (Wildman–Crippen MR) is 116 cm³/mol. The fourth-order valence-electron chi connectivity index (χ4n) is 2.30. The van der Waals surface area contributed by atoms with Crippen LogP contribution in [-0.4, -0.2) is 23.2 Å². The quantitative estimate of drug-likeness (QED) is 0.413. The maximum absolute atomic E-state index is 12.2. The van der Waals surface area contributed by atoms with E-state index in [-0.39, 0.29) is 5.56 Å². The van der Waals surface area contributed by atoms with Crippen LogP contribution in [0.25, 0.3) is 0 Å². The Morgan fingerprint density at radius 1 is 1.29 bits per heavy atom. The minimum atomic E-state index is -1.07. The zero-order valence-electron chi connectivity index (χ0n) is 16.5. The summed E-state index contributed by atoms with van der Waals surface area (Å²) in [5.41, 5.74) is 0.721. The summed E-state index contributed by atoms with van der Waals surface area (Å²) >= 11 is 6.30. The molecule has 2 aromatic rings. The number of anilines is 1. The van der Waals surface area contributed by atoms with Crippen LogP contribution in [0.3, 0.4) is 0 Å². The molecule has 0 radical (unpaired) electrons. The van der Waals surface area contributed by atoms with Crippen molar-refractivity contribution in [3.05, 3.63) is 87.6 Å². The molecule has 3 N–H and O–H groups in total. The number of nitrogens with one attached hydrogen (secondary N) is 2. The lowest BCUT2D eigenvalue weighted by molar-refractivity contribution is -0.124. The van der Waals surface area contributed by atoms with Crippen molar-refractivity contribution in [2.24, 2.45) is 0 Å². The number of aromatic carboxylic acids is 1. The topological polar surface area (TPSA) is 87.7 Å². The number of carbonyl (C=O) groups is 2. The van der Waals surface area contributed by atoms with Gasteiger partial charge in [-0.15, -0.1) is 11.3 Å². The lowest BCUT2D eigenvalue weighted by atomic mass is 10.2. The molecule has 1 amide bonds. The summed E-state index contributed by atoms with van der Waals surface area (Å²) in [5, 5.41) is 16.1. The van der Waals surface area contributed by atoms with Crippen LogP contribution in [0.15, 0.2) is 59.8 Å². The van der Waals surface area contributed by atoms with E-state index in [1.807, 2.05) is 19.1 Å². The third-order valence-electron chi connectivity index (χ3n) is 3.76. The Balaban J connectivity index is 0.000000316. The zero-order chi connectivity index (χ0) is 23.0. The van der Waals surface area contributed by atoms with E-state index in [1.54, 1.807) is 30.7 Å². The first kappa shape index (κ1) is 24.1. The second-order valence-corrected chi connectivity index (χ2v) is 7.31. The van der Waals surface area contributed by atoms with Crippen molar-refractivity contribution >= 4 is 39.8 Å². The van der Waals surface area contributed by atoms with Gasteiger partial charge >= 0.3 is 5.97 Å². The Hall–Kier alpha value is -3.17. The van der Waals surface area contributed by atoms with Crippen molar-refractivity contribution in [1.82, 2.24) is 5.32 Å². The molecular weight excluding hydrogens is 450 g/mol. The van der Waals surface area contributed by atoms with E-state index in [4.69, 9.17) is 21.4 Å². The highest BCUT2D eigenvalue weighted by Crippen LogP contribution is 2.28. The fraction of sp³-hybridized carbons (Fsp3) is 0.143. The highest BCUT2D eigenvalue weighted by Gasteiger charge is 2.26. The minimum absolute atomic E-state index is 0.109. The van der Waals surface area contributed by atoms with Crippen LogP contribution in [0.1, 0.15) is 22.8 Å². The number of carboxylic acids is 1. The summed E-state index contributed by atoms with van der Waals surface area (Å²) in [7, 11) is 0. The number of amides is 1. The molecule has 3 rings (SSSR count). The van der Waals surface area contributed by atoms with Gasteiger partial charge in [-0.05, 0) is 43.0 Å². The molecule has 1 aromatic heterocycles. The Kier molecular flexibility index (Phi) is 8.77. The van der Waals surface area contributed by atoms with Gasteiger partial charge < -0.3 is 20.5 Å². The second kappa shape index (κ2) is 11.3. The van der Waals surface area contributed by atoms with Crippen LogP contribution in [0.4, 0.5) is 13.8 Å². The number of rotatable bonds is 5. The maximum Gasteiger partial charge on any atom is 0.338 e. The lowest BCUT2D eigenvalue weighted by Crippen LogP contribution is -2.36. The van der Waals surface area contributed by atoms with Gasteiger partial charge in [-0.25, -0.2) is 13.6 Å². The number of carbonyl (C=O) groups excluding carboxylic acids is 1. The van der Waals surface area contributed by atoms with Gasteiger partial charge in [-0.2, -0.15) is 0 Å². The second-order valence-electron chi connectivity index (χ2n) is 6.05. The summed E-state index contributed by atoms with van der Waals surface area (Å²) in [4.78, 5) is 23.3. The van der Waals surface area contributed by atoms with Crippen molar-refractivity contribution in [2.75, 3.05) is 5.32 Å². The van der Waals surface area contributed by atoms with Crippen LogP contribution >= 0.6 is 22.9 Å². The number of hydrogen-bond acceptors (Lipinski definition) is 5. The lowest BCUT2D eigenvalue weighted by Gasteiger charge is -2.12. The first-order valence-corrected chi connectivity index (χ1v) is 10.1. The summed E-state index contributed by atoms with van der Waals surface area (Å²) < 4.78 is 29.8. The number of allylic oxidation sites excluding steroid dienone is 4. The highest BCUT2D eigenvalue weighted by molar-refractivity contribution is 7.15. The average molecular weight is 469 g/mol. The molecule has 0 spiro atoms. The number of hydrogen-bond donors (Lipinski definition) is 3. The number of carboxylic acid groups (broad SMARTS) is 1. The Labute approximate surface area is 186 Å². The molecule has 1 aliphatic rings. The van der Waals surface area contributed by atoms with E-state index < -0.39 is 34.8 Å². The van der Waals surface area contributed by atoms with Crippen LogP contribution in [0.5, 0.6) is 0 Å². The number of benzene rings is 1. The zero-order valence-corrected chi connectivity index (χ0v) is 18.1. The minimum Gasteiger partial charge on any atom is -0.478 e. The van der Waals surface area contributed by atoms with Crippen molar-refractivity contribution < 1.29 is 28.2 Å². The van der Waals surface area contributed by atoms with Crippen molar-refractivity contribution in [1.29, 1.82) is 0 Å². The fourth-order valence-corrected chi connectivity index (χ4v) is 3.36. The van der Waals surface area contributed by atoms with E-state index in [2.05, 4.69) is 10.6 Å². The SMILES string of the molecule is C/C=C\C=C/C1=CNC(C(=O)Nc2scc(C)c2C(=O)O)O1.Fc1cccc(F)c1Cl. The van der Waals surface area contributed by atoms with Crippen LogP contribution < -0.4 is 10.6 Å². The molecule has 2 heterocycles. The monoisotopic (exact) mass is 468 g/mol. The van der Waals surface area contributed by atoms with E-state index >= 15 is 0 Å². The van der Waals surface area contributed by atoms with Crippen LogP contribution in [-0.2, 0) is 9.53 Å². The van der Waals surface area contributed by atoms with Crippen LogP contribution in [0, 0.1) is 18.6 Å². The predicted octanol–water partition coefficient (Wildman–Crippen LogP) is 5.23. The molecular formula is C21H19ClF2N2O4S. The molecule has 0 fully saturated rings. The number of aryl methyl sites for hydroxylation is 1.